The van der Waals surface area contributed by atoms with Crippen molar-refractivity contribution in [1.82, 2.24) is 10.6 Å². The molecule has 2 rings (SSSR count). The van der Waals surface area contributed by atoms with E-state index in [-0.39, 0.29) is 30.2 Å². The van der Waals surface area contributed by atoms with Crippen molar-refractivity contribution in [3.05, 3.63) is 51.7 Å². The van der Waals surface area contributed by atoms with Crippen molar-refractivity contribution in [3.63, 3.8) is 0 Å². The molecule has 3 amide bonds. The average Bonchev–Trinajstić information content (AvgIpc) is 3.15. The SMILES string of the molecule is Cc1cccc(C)c1NC(=O)CNC(=O)C(NC(=O)c1cccs1)C(C)C. The lowest BCUT2D eigenvalue weighted by molar-refractivity contribution is -0.126. The Hall–Kier alpha value is -2.67. The largest absolute Gasteiger partial charge is 0.345 e. The highest BCUT2D eigenvalue weighted by molar-refractivity contribution is 7.12. The average molecular weight is 388 g/mol. The molecule has 7 heteroatoms. The van der Waals surface area contributed by atoms with Gasteiger partial charge in [-0.15, -0.1) is 11.3 Å². The molecule has 1 heterocycles. The third-order valence-electron chi connectivity index (χ3n) is 4.15. The summed E-state index contributed by atoms with van der Waals surface area (Å²) in [5.41, 5.74) is 2.67. The first kappa shape index (κ1) is 20.6. The van der Waals surface area contributed by atoms with E-state index in [1.807, 2.05) is 45.9 Å². The van der Waals surface area contributed by atoms with Crippen LogP contribution >= 0.6 is 11.3 Å². The maximum atomic E-state index is 12.5. The molecule has 1 aromatic heterocycles. The maximum Gasteiger partial charge on any atom is 0.262 e. The van der Waals surface area contributed by atoms with Gasteiger partial charge in [0.15, 0.2) is 0 Å². The molecule has 0 radical (unpaired) electrons. The summed E-state index contributed by atoms with van der Waals surface area (Å²) in [6, 6.07) is 8.51. The fourth-order valence-corrected chi connectivity index (χ4v) is 3.25. The van der Waals surface area contributed by atoms with E-state index in [0.717, 1.165) is 16.8 Å². The second-order valence-electron chi connectivity index (χ2n) is 6.71. The highest BCUT2D eigenvalue weighted by Crippen LogP contribution is 2.19. The van der Waals surface area contributed by atoms with Gasteiger partial charge in [-0.25, -0.2) is 0 Å². The lowest BCUT2D eigenvalue weighted by atomic mass is 10.0. The van der Waals surface area contributed by atoms with Gasteiger partial charge < -0.3 is 16.0 Å². The number of benzene rings is 1. The number of nitrogens with one attached hydrogen (secondary N) is 3. The fourth-order valence-electron chi connectivity index (χ4n) is 2.63. The van der Waals surface area contributed by atoms with Gasteiger partial charge in [-0.05, 0) is 42.3 Å². The Labute approximate surface area is 163 Å². The first-order chi connectivity index (χ1) is 12.8. The Morgan fingerprint density at radius 3 is 2.26 bits per heavy atom. The zero-order valence-electron chi connectivity index (χ0n) is 16.0. The summed E-state index contributed by atoms with van der Waals surface area (Å²) in [5.74, 6) is -1.10. The Kier molecular flexibility index (Phi) is 7.12. The smallest absolute Gasteiger partial charge is 0.262 e. The zero-order chi connectivity index (χ0) is 20.0. The molecule has 144 valence electrons. The molecule has 0 saturated carbocycles. The molecule has 0 saturated heterocycles. The fraction of sp³-hybridized carbons (Fsp3) is 0.350. The summed E-state index contributed by atoms with van der Waals surface area (Å²) in [4.78, 5) is 37.5. The van der Waals surface area contributed by atoms with Crippen molar-refractivity contribution in [1.29, 1.82) is 0 Å². The molecule has 0 bridgehead atoms. The molecule has 0 aliphatic carbocycles. The topological polar surface area (TPSA) is 87.3 Å². The number of thiophene rings is 1. The first-order valence-electron chi connectivity index (χ1n) is 8.77. The lowest BCUT2D eigenvalue weighted by Gasteiger charge is -2.21. The second kappa shape index (κ2) is 9.32. The van der Waals surface area contributed by atoms with Gasteiger partial charge in [-0.2, -0.15) is 0 Å². The van der Waals surface area contributed by atoms with Crippen LogP contribution < -0.4 is 16.0 Å². The predicted molar refractivity (Wildman–Crippen MR) is 108 cm³/mol. The van der Waals surface area contributed by atoms with E-state index in [1.165, 1.54) is 11.3 Å². The van der Waals surface area contributed by atoms with E-state index in [2.05, 4.69) is 16.0 Å². The molecule has 3 N–H and O–H groups in total. The molecule has 1 aromatic carbocycles. The molecular formula is C20H25N3O3S. The lowest BCUT2D eigenvalue weighted by Crippen LogP contribution is -2.50. The number of hydrogen-bond donors (Lipinski definition) is 3. The minimum absolute atomic E-state index is 0.115. The van der Waals surface area contributed by atoms with Crippen molar-refractivity contribution in [3.8, 4) is 0 Å². The zero-order valence-corrected chi connectivity index (χ0v) is 16.8. The number of carbonyl (C=O) groups excluding carboxylic acids is 3. The second-order valence-corrected chi connectivity index (χ2v) is 7.65. The number of hydrogen-bond acceptors (Lipinski definition) is 4. The van der Waals surface area contributed by atoms with Gasteiger partial charge in [0, 0.05) is 5.69 Å². The number of para-hydroxylation sites is 1. The predicted octanol–water partition coefficient (Wildman–Crippen LogP) is 2.87. The normalized spacial score (nSPS) is 11.7. The molecule has 0 aliphatic rings. The van der Waals surface area contributed by atoms with Crippen LogP contribution in [0.1, 0.15) is 34.6 Å². The van der Waals surface area contributed by atoms with E-state index in [0.29, 0.717) is 4.88 Å². The van der Waals surface area contributed by atoms with Gasteiger partial charge in [0.1, 0.15) is 6.04 Å². The molecule has 0 fully saturated rings. The van der Waals surface area contributed by atoms with E-state index in [4.69, 9.17) is 0 Å². The Morgan fingerprint density at radius 1 is 1.04 bits per heavy atom. The van der Waals surface area contributed by atoms with E-state index in [1.54, 1.807) is 17.5 Å². The summed E-state index contributed by atoms with van der Waals surface area (Å²) < 4.78 is 0. The third kappa shape index (κ3) is 5.65. The third-order valence-corrected chi connectivity index (χ3v) is 5.02. The molecular weight excluding hydrogens is 362 g/mol. The van der Waals surface area contributed by atoms with Gasteiger partial charge in [-0.1, -0.05) is 38.1 Å². The number of anilines is 1. The quantitative estimate of drug-likeness (QED) is 0.683. The van der Waals surface area contributed by atoms with Crippen LogP contribution in [0.2, 0.25) is 0 Å². The molecule has 0 aliphatic heterocycles. The summed E-state index contributed by atoms with van der Waals surface area (Å²) in [5, 5.41) is 9.98. The van der Waals surface area contributed by atoms with Crippen molar-refractivity contribution in [2.75, 3.05) is 11.9 Å². The van der Waals surface area contributed by atoms with Crippen LogP contribution in [0.5, 0.6) is 0 Å². The molecule has 1 unspecified atom stereocenters. The molecule has 1 atom stereocenters. The molecule has 0 spiro atoms. The summed E-state index contributed by atoms with van der Waals surface area (Å²) >= 11 is 1.31. The van der Waals surface area contributed by atoms with E-state index < -0.39 is 6.04 Å². The van der Waals surface area contributed by atoms with Gasteiger partial charge in [-0.3, -0.25) is 14.4 Å². The van der Waals surface area contributed by atoms with Gasteiger partial charge in [0.25, 0.3) is 5.91 Å². The van der Waals surface area contributed by atoms with E-state index >= 15 is 0 Å². The first-order valence-corrected chi connectivity index (χ1v) is 9.65. The molecule has 2 aromatic rings. The van der Waals surface area contributed by atoms with Gasteiger partial charge >= 0.3 is 0 Å². The maximum absolute atomic E-state index is 12.5. The minimum atomic E-state index is -0.715. The van der Waals surface area contributed by atoms with Crippen molar-refractivity contribution < 1.29 is 14.4 Å². The summed E-state index contributed by atoms with van der Waals surface area (Å²) in [6.07, 6.45) is 0. The summed E-state index contributed by atoms with van der Waals surface area (Å²) in [6.45, 7) is 7.35. The Bertz CT molecular complexity index is 796. The number of amides is 3. The monoisotopic (exact) mass is 387 g/mol. The van der Waals surface area contributed by atoms with Crippen LogP contribution in [0.3, 0.4) is 0 Å². The van der Waals surface area contributed by atoms with Crippen molar-refractivity contribution in [2.24, 2.45) is 5.92 Å². The Balaban J connectivity index is 1.93. The summed E-state index contributed by atoms with van der Waals surface area (Å²) in [7, 11) is 0. The van der Waals surface area contributed by atoms with Crippen LogP contribution in [0, 0.1) is 19.8 Å². The minimum Gasteiger partial charge on any atom is -0.345 e. The van der Waals surface area contributed by atoms with Crippen LogP contribution in [0.25, 0.3) is 0 Å². The van der Waals surface area contributed by atoms with Crippen molar-refractivity contribution >= 4 is 34.7 Å². The molecule has 6 nitrogen and oxygen atoms in total. The highest BCUT2D eigenvalue weighted by Gasteiger charge is 2.25. The highest BCUT2D eigenvalue weighted by atomic mass is 32.1. The van der Waals surface area contributed by atoms with Crippen molar-refractivity contribution in [2.45, 2.75) is 33.7 Å². The van der Waals surface area contributed by atoms with Gasteiger partial charge in [0.2, 0.25) is 11.8 Å². The van der Waals surface area contributed by atoms with Crippen LogP contribution in [0.15, 0.2) is 35.7 Å². The number of carbonyl (C=O) groups is 3. The van der Waals surface area contributed by atoms with Gasteiger partial charge in [0.05, 0.1) is 11.4 Å². The standard InChI is InChI=1S/C20H25N3O3S/c1-12(2)17(23-19(25)15-9-6-10-27-15)20(26)21-11-16(24)22-18-13(3)7-5-8-14(18)4/h5-10,12,17H,11H2,1-4H3,(H,21,26)(H,22,24)(H,23,25). The van der Waals surface area contributed by atoms with Crippen LogP contribution in [0.4, 0.5) is 5.69 Å². The molecule has 27 heavy (non-hydrogen) atoms. The van der Waals surface area contributed by atoms with E-state index in [9.17, 15) is 14.4 Å². The van der Waals surface area contributed by atoms with Crippen LogP contribution in [-0.2, 0) is 9.59 Å². The number of aryl methyl sites for hydroxylation is 2. The number of rotatable bonds is 7. The van der Waals surface area contributed by atoms with Crippen LogP contribution in [-0.4, -0.2) is 30.3 Å². The Morgan fingerprint density at radius 2 is 1.70 bits per heavy atom.